The zero-order valence-corrected chi connectivity index (χ0v) is 16.2. The van der Waals surface area contributed by atoms with Crippen LogP contribution in [0.3, 0.4) is 0 Å². The lowest BCUT2D eigenvalue weighted by atomic mass is 10.1. The van der Waals surface area contributed by atoms with Crippen LogP contribution in [0.1, 0.15) is 11.1 Å². The van der Waals surface area contributed by atoms with Gasteiger partial charge in [0.25, 0.3) is 0 Å². The fourth-order valence-electron chi connectivity index (χ4n) is 2.94. The number of benzene rings is 2. The number of pyridine rings is 1. The van der Waals surface area contributed by atoms with Crippen LogP contribution in [0.15, 0.2) is 73.1 Å². The number of fused-ring (bicyclic) bond motifs is 1. The molecule has 28 heavy (non-hydrogen) atoms. The van der Waals surface area contributed by atoms with Gasteiger partial charge in [0.1, 0.15) is 5.75 Å². The van der Waals surface area contributed by atoms with E-state index >= 15 is 0 Å². The fourth-order valence-corrected chi connectivity index (χ4v) is 3.95. The minimum atomic E-state index is 0.000995. The highest BCUT2D eigenvalue weighted by atomic mass is 32.1. The van der Waals surface area contributed by atoms with E-state index in [2.05, 4.69) is 4.98 Å². The molecule has 140 valence electrons. The summed E-state index contributed by atoms with van der Waals surface area (Å²) in [6.07, 6.45) is 3.82. The van der Waals surface area contributed by atoms with Crippen LogP contribution in [0, 0.1) is 0 Å². The molecule has 5 nitrogen and oxygen atoms in total. The molecule has 0 aliphatic rings. The first kappa shape index (κ1) is 18.1. The second kappa shape index (κ2) is 8.19. The maximum atomic E-state index is 13.2. The van der Waals surface area contributed by atoms with E-state index in [0.29, 0.717) is 18.1 Å². The molecule has 0 atom stereocenters. The van der Waals surface area contributed by atoms with Crippen molar-refractivity contribution in [2.24, 2.45) is 0 Å². The molecule has 0 radical (unpaired) electrons. The molecule has 0 aliphatic carbocycles. The predicted molar refractivity (Wildman–Crippen MR) is 112 cm³/mol. The SMILES string of the molecule is COc1ccc2nc(N(Cc3cccnc3)C(=O)Cc3ccccc3)sc2c1. The molecule has 0 unspecified atom stereocenters. The Kier molecular flexibility index (Phi) is 5.30. The van der Waals surface area contributed by atoms with Crippen LogP contribution >= 0.6 is 11.3 Å². The Labute approximate surface area is 167 Å². The number of amides is 1. The van der Waals surface area contributed by atoms with Gasteiger partial charge in [-0.25, -0.2) is 4.98 Å². The highest BCUT2D eigenvalue weighted by Gasteiger charge is 2.21. The minimum absolute atomic E-state index is 0.000995. The van der Waals surface area contributed by atoms with Crippen molar-refractivity contribution in [1.82, 2.24) is 9.97 Å². The van der Waals surface area contributed by atoms with Crippen molar-refractivity contribution >= 4 is 32.6 Å². The van der Waals surface area contributed by atoms with E-state index in [0.717, 1.165) is 27.1 Å². The van der Waals surface area contributed by atoms with Crippen molar-refractivity contribution in [2.45, 2.75) is 13.0 Å². The van der Waals surface area contributed by atoms with Crippen LogP contribution in [-0.4, -0.2) is 23.0 Å². The number of rotatable bonds is 6. The first-order valence-electron chi connectivity index (χ1n) is 8.91. The predicted octanol–water partition coefficient (Wildman–Crippen LogP) is 4.48. The lowest BCUT2D eigenvalue weighted by Gasteiger charge is -2.20. The first-order chi connectivity index (χ1) is 13.7. The van der Waals surface area contributed by atoms with Crippen LogP contribution in [-0.2, 0) is 17.8 Å². The van der Waals surface area contributed by atoms with Gasteiger partial charge in [-0.15, -0.1) is 0 Å². The van der Waals surface area contributed by atoms with E-state index in [1.807, 2.05) is 60.7 Å². The molecule has 4 rings (SSSR count). The maximum absolute atomic E-state index is 13.2. The van der Waals surface area contributed by atoms with Crippen molar-refractivity contribution in [3.63, 3.8) is 0 Å². The summed E-state index contributed by atoms with van der Waals surface area (Å²) in [5.74, 6) is 0.776. The second-order valence-electron chi connectivity index (χ2n) is 6.33. The number of nitrogens with zero attached hydrogens (tertiary/aromatic N) is 3. The molecule has 0 N–H and O–H groups in total. The number of carbonyl (C=O) groups excluding carboxylic acids is 1. The zero-order chi connectivity index (χ0) is 19.3. The Morgan fingerprint density at radius 3 is 2.64 bits per heavy atom. The van der Waals surface area contributed by atoms with Gasteiger partial charge in [-0.05, 0) is 35.4 Å². The summed E-state index contributed by atoms with van der Waals surface area (Å²) < 4.78 is 6.29. The maximum Gasteiger partial charge on any atom is 0.233 e. The van der Waals surface area contributed by atoms with Crippen molar-refractivity contribution in [1.29, 1.82) is 0 Å². The Hall–Kier alpha value is -3.25. The summed E-state index contributed by atoms with van der Waals surface area (Å²) in [7, 11) is 1.64. The van der Waals surface area contributed by atoms with Gasteiger partial charge in [0.15, 0.2) is 5.13 Å². The van der Waals surface area contributed by atoms with Gasteiger partial charge in [-0.3, -0.25) is 14.7 Å². The van der Waals surface area contributed by atoms with Crippen LogP contribution in [0.5, 0.6) is 5.75 Å². The smallest absolute Gasteiger partial charge is 0.233 e. The van der Waals surface area contributed by atoms with E-state index < -0.39 is 0 Å². The third kappa shape index (κ3) is 4.02. The molecule has 6 heteroatoms. The summed E-state index contributed by atoms with van der Waals surface area (Å²) in [5.41, 5.74) is 2.79. The van der Waals surface area contributed by atoms with E-state index in [4.69, 9.17) is 9.72 Å². The van der Waals surface area contributed by atoms with E-state index in [9.17, 15) is 4.79 Å². The summed E-state index contributed by atoms with van der Waals surface area (Å²) in [4.78, 5) is 23.8. The highest BCUT2D eigenvalue weighted by Crippen LogP contribution is 2.32. The number of methoxy groups -OCH3 is 1. The van der Waals surface area contributed by atoms with Gasteiger partial charge < -0.3 is 4.74 Å². The molecule has 2 heterocycles. The lowest BCUT2D eigenvalue weighted by Crippen LogP contribution is -2.31. The molecule has 4 aromatic rings. The Bertz CT molecular complexity index is 1080. The summed E-state index contributed by atoms with van der Waals surface area (Å²) in [5, 5.41) is 0.674. The Morgan fingerprint density at radius 1 is 1.07 bits per heavy atom. The van der Waals surface area contributed by atoms with Crippen LogP contribution in [0.25, 0.3) is 10.2 Å². The molecule has 0 aliphatic heterocycles. The monoisotopic (exact) mass is 389 g/mol. The van der Waals surface area contributed by atoms with Gasteiger partial charge in [0.2, 0.25) is 5.91 Å². The second-order valence-corrected chi connectivity index (χ2v) is 7.34. The molecule has 0 saturated carbocycles. The summed E-state index contributed by atoms with van der Waals surface area (Å²) in [6.45, 7) is 0.427. The standard InChI is InChI=1S/C22H19N3O2S/c1-27-18-9-10-19-20(13-18)28-22(24-19)25(15-17-8-5-11-23-14-17)21(26)12-16-6-3-2-4-7-16/h2-11,13-14H,12,15H2,1H3. The third-order valence-corrected chi connectivity index (χ3v) is 5.42. The van der Waals surface area contributed by atoms with E-state index in [1.165, 1.54) is 11.3 Å². The van der Waals surface area contributed by atoms with Gasteiger partial charge >= 0.3 is 0 Å². The molecule has 0 fully saturated rings. The molecular weight excluding hydrogens is 370 g/mol. The number of carbonyl (C=O) groups is 1. The summed E-state index contributed by atoms with van der Waals surface area (Å²) in [6, 6.07) is 19.3. The molecule has 2 aromatic carbocycles. The number of hydrogen-bond acceptors (Lipinski definition) is 5. The van der Waals surface area contributed by atoms with Crippen molar-refractivity contribution < 1.29 is 9.53 Å². The van der Waals surface area contributed by atoms with Gasteiger partial charge in [0, 0.05) is 12.4 Å². The minimum Gasteiger partial charge on any atom is -0.497 e. The normalized spacial score (nSPS) is 10.8. The van der Waals surface area contributed by atoms with E-state index in [1.54, 1.807) is 24.4 Å². The third-order valence-electron chi connectivity index (χ3n) is 4.38. The summed E-state index contributed by atoms with van der Waals surface area (Å²) >= 11 is 1.49. The fraction of sp³-hybridized carbons (Fsp3) is 0.136. The number of ether oxygens (including phenoxy) is 1. The largest absolute Gasteiger partial charge is 0.497 e. The van der Waals surface area contributed by atoms with Crippen LogP contribution in [0.2, 0.25) is 0 Å². The van der Waals surface area contributed by atoms with Gasteiger partial charge in [0.05, 0.1) is 30.3 Å². The van der Waals surface area contributed by atoms with Crippen LogP contribution in [0.4, 0.5) is 5.13 Å². The van der Waals surface area contributed by atoms with Crippen molar-refractivity contribution in [3.05, 3.63) is 84.2 Å². The Morgan fingerprint density at radius 2 is 1.89 bits per heavy atom. The average molecular weight is 389 g/mol. The van der Waals surface area contributed by atoms with Crippen LogP contribution < -0.4 is 9.64 Å². The molecule has 0 bridgehead atoms. The quantitative estimate of drug-likeness (QED) is 0.488. The molecule has 0 saturated heterocycles. The average Bonchev–Trinajstić information content (AvgIpc) is 3.16. The van der Waals surface area contributed by atoms with Crippen molar-refractivity contribution in [2.75, 3.05) is 12.0 Å². The molecule has 2 aromatic heterocycles. The number of thiazole rings is 1. The molecule has 1 amide bonds. The number of anilines is 1. The topological polar surface area (TPSA) is 55.3 Å². The number of hydrogen-bond donors (Lipinski definition) is 0. The Balaban J connectivity index is 1.68. The van der Waals surface area contributed by atoms with Crippen molar-refractivity contribution in [3.8, 4) is 5.75 Å². The van der Waals surface area contributed by atoms with Gasteiger partial charge in [-0.2, -0.15) is 0 Å². The molecular formula is C22H19N3O2S. The lowest BCUT2D eigenvalue weighted by molar-refractivity contribution is -0.118. The number of aromatic nitrogens is 2. The zero-order valence-electron chi connectivity index (χ0n) is 15.4. The van der Waals surface area contributed by atoms with Gasteiger partial charge in [-0.1, -0.05) is 47.7 Å². The van der Waals surface area contributed by atoms with E-state index in [-0.39, 0.29) is 5.91 Å². The highest BCUT2D eigenvalue weighted by molar-refractivity contribution is 7.22. The molecule has 0 spiro atoms. The first-order valence-corrected chi connectivity index (χ1v) is 9.72.